The number of carbonyl (C=O) groups is 1. The first kappa shape index (κ1) is 14.7. The zero-order valence-electron chi connectivity index (χ0n) is 11.0. The van der Waals surface area contributed by atoms with E-state index in [1.54, 1.807) is 35.6 Å². The maximum Gasteiger partial charge on any atom is 0.251 e. The molecule has 4 nitrogen and oxygen atoms in total. The molecule has 0 aliphatic rings. The average Bonchev–Trinajstić information content (AvgIpc) is 2.88. The summed E-state index contributed by atoms with van der Waals surface area (Å²) in [5.74, 6) is -0.173. The second kappa shape index (κ2) is 6.19. The minimum Gasteiger partial charge on any atom is -0.347 e. The fourth-order valence-electron chi connectivity index (χ4n) is 1.74. The van der Waals surface area contributed by atoms with Crippen LogP contribution in [-0.4, -0.2) is 20.6 Å². The third-order valence-corrected chi connectivity index (χ3v) is 4.38. The Bertz CT molecular complexity index is 674. The van der Waals surface area contributed by atoms with E-state index in [4.69, 9.17) is 0 Å². The Morgan fingerprint density at radius 2 is 1.90 bits per heavy atom. The van der Waals surface area contributed by atoms with Crippen molar-refractivity contribution in [3.63, 3.8) is 0 Å². The van der Waals surface area contributed by atoms with E-state index in [-0.39, 0.29) is 11.7 Å². The van der Waals surface area contributed by atoms with E-state index in [1.807, 2.05) is 17.5 Å². The summed E-state index contributed by atoms with van der Waals surface area (Å²) >= 11 is 1.59. The van der Waals surface area contributed by atoms with E-state index >= 15 is 0 Å². The molecule has 0 aliphatic heterocycles. The molecule has 0 atom stereocenters. The summed E-state index contributed by atoms with van der Waals surface area (Å²) in [6.07, 6.45) is 1.19. The van der Waals surface area contributed by atoms with Gasteiger partial charge in [-0.1, -0.05) is 18.2 Å². The summed E-state index contributed by atoms with van der Waals surface area (Å²) in [6, 6.07) is 10.5. The van der Waals surface area contributed by atoms with Gasteiger partial charge in [-0.2, -0.15) is 0 Å². The molecule has 2 rings (SSSR count). The summed E-state index contributed by atoms with van der Waals surface area (Å²) < 4.78 is 22.4. The summed E-state index contributed by atoms with van der Waals surface area (Å²) in [5.41, 5.74) is 1.21. The molecule has 6 heteroatoms. The predicted molar refractivity (Wildman–Crippen MR) is 80.5 cm³/mol. The summed E-state index contributed by atoms with van der Waals surface area (Å²) in [6.45, 7) is 0.502. The number of thiophene rings is 1. The average molecular weight is 309 g/mol. The van der Waals surface area contributed by atoms with E-state index in [2.05, 4.69) is 5.32 Å². The van der Waals surface area contributed by atoms with Gasteiger partial charge in [-0.15, -0.1) is 11.3 Å². The lowest BCUT2D eigenvalue weighted by molar-refractivity contribution is 0.0951. The number of amides is 1. The Balaban J connectivity index is 1.97. The van der Waals surface area contributed by atoms with Gasteiger partial charge in [0.05, 0.1) is 12.3 Å². The van der Waals surface area contributed by atoms with Gasteiger partial charge in [0.25, 0.3) is 5.91 Å². The van der Waals surface area contributed by atoms with Crippen LogP contribution in [0.2, 0.25) is 0 Å². The Kier molecular flexibility index (Phi) is 4.57. The molecule has 1 aromatic carbocycles. The molecule has 0 fully saturated rings. The van der Waals surface area contributed by atoms with Crippen molar-refractivity contribution >= 4 is 27.1 Å². The SMILES string of the molecule is CS(=O)(=O)Cc1ccc(C(=O)NCc2cccs2)cc1. The molecule has 0 spiro atoms. The highest BCUT2D eigenvalue weighted by atomic mass is 32.2. The van der Waals surface area contributed by atoms with Crippen LogP contribution in [-0.2, 0) is 22.1 Å². The van der Waals surface area contributed by atoms with Gasteiger partial charge < -0.3 is 5.32 Å². The van der Waals surface area contributed by atoms with Gasteiger partial charge in [-0.25, -0.2) is 8.42 Å². The van der Waals surface area contributed by atoms with Gasteiger partial charge in [0.1, 0.15) is 0 Å². The molecule has 0 saturated carbocycles. The Morgan fingerprint density at radius 3 is 2.45 bits per heavy atom. The van der Waals surface area contributed by atoms with E-state index in [0.717, 1.165) is 4.88 Å². The maximum absolute atomic E-state index is 11.9. The van der Waals surface area contributed by atoms with Crippen LogP contribution < -0.4 is 5.32 Å². The molecule has 2 aromatic rings. The van der Waals surface area contributed by atoms with Crippen LogP contribution in [0.1, 0.15) is 20.8 Å². The smallest absolute Gasteiger partial charge is 0.251 e. The zero-order valence-corrected chi connectivity index (χ0v) is 12.6. The first-order valence-electron chi connectivity index (χ1n) is 6.01. The number of benzene rings is 1. The fraction of sp³-hybridized carbons (Fsp3) is 0.214. The fourth-order valence-corrected chi connectivity index (χ4v) is 3.18. The van der Waals surface area contributed by atoms with Gasteiger partial charge in [0.2, 0.25) is 0 Å². The van der Waals surface area contributed by atoms with Gasteiger partial charge in [0, 0.05) is 16.7 Å². The molecule has 0 saturated heterocycles. The number of nitrogens with one attached hydrogen (secondary N) is 1. The largest absolute Gasteiger partial charge is 0.347 e. The highest BCUT2D eigenvalue weighted by molar-refractivity contribution is 7.89. The summed E-state index contributed by atoms with van der Waals surface area (Å²) in [7, 11) is -3.05. The van der Waals surface area contributed by atoms with Crippen LogP contribution in [0.4, 0.5) is 0 Å². The number of sulfone groups is 1. The van der Waals surface area contributed by atoms with Crippen molar-refractivity contribution in [2.24, 2.45) is 0 Å². The second-order valence-corrected chi connectivity index (χ2v) is 7.70. The number of carbonyl (C=O) groups excluding carboxylic acids is 1. The van der Waals surface area contributed by atoms with Crippen molar-refractivity contribution in [3.05, 3.63) is 57.8 Å². The third kappa shape index (κ3) is 4.47. The Labute approximate surface area is 122 Å². The highest BCUT2D eigenvalue weighted by Gasteiger charge is 2.08. The minimum absolute atomic E-state index is 0.00983. The lowest BCUT2D eigenvalue weighted by Gasteiger charge is -2.05. The van der Waals surface area contributed by atoms with Gasteiger partial charge in [0.15, 0.2) is 9.84 Å². The van der Waals surface area contributed by atoms with E-state index in [0.29, 0.717) is 17.7 Å². The highest BCUT2D eigenvalue weighted by Crippen LogP contribution is 2.10. The summed E-state index contributed by atoms with van der Waals surface area (Å²) in [4.78, 5) is 13.0. The van der Waals surface area contributed by atoms with Gasteiger partial charge >= 0.3 is 0 Å². The van der Waals surface area contributed by atoms with E-state index in [1.165, 1.54) is 6.26 Å². The van der Waals surface area contributed by atoms with Crippen molar-refractivity contribution < 1.29 is 13.2 Å². The normalized spacial score (nSPS) is 11.2. The molecular formula is C14H15NO3S2. The Morgan fingerprint density at radius 1 is 1.20 bits per heavy atom. The Hall–Kier alpha value is -1.66. The molecule has 1 aromatic heterocycles. The molecule has 0 radical (unpaired) electrons. The quantitative estimate of drug-likeness (QED) is 0.921. The van der Waals surface area contributed by atoms with Gasteiger partial charge in [-0.05, 0) is 29.1 Å². The van der Waals surface area contributed by atoms with E-state index in [9.17, 15) is 13.2 Å². The molecule has 1 amide bonds. The van der Waals surface area contributed by atoms with Crippen LogP contribution in [0, 0.1) is 0 Å². The molecule has 1 N–H and O–H groups in total. The predicted octanol–water partition coefficient (Wildman–Crippen LogP) is 2.22. The zero-order chi connectivity index (χ0) is 14.6. The number of hydrogen-bond acceptors (Lipinski definition) is 4. The van der Waals surface area contributed by atoms with E-state index < -0.39 is 9.84 Å². The minimum atomic E-state index is -3.05. The summed E-state index contributed by atoms with van der Waals surface area (Å²) in [5, 5.41) is 4.78. The first-order valence-corrected chi connectivity index (χ1v) is 8.95. The molecule has 1 heterocycles. The van der Waals surface area contributed by atoms with Crippen molar-refractivity contribution in [1.82, 2.24) is 5.32 Å². The van der Waals surface area contributed by atoms with Gasteiger partial charge in [-0.3, -0.25) is 4.79 Å². The topological polar surface area (TPSA) is 63.2 Å². The molecule has 0 unspecified atom stereocenters. The monoisotopic (exact) mass is 309 g/mol. The third-order valence-electron chi connectivity index (χ3n) is 2.65. The lowest BCUT2D eigenvalue weighted by Crippen LogP contribution is -2.22. The number of rotatable bonds is 5. The van der Waals surface area contributed by atoms with Crippen LogP contribution in [0.3, 0.4) is 0 Å². The second-order valence-electron chi connectivity index (χ2n) is 4.53. The van der Waals surface area contributed by atoms with Crippen LogP contribution in [0.5, 0.6) is 0 Å². The van der Waals surface area contributed by atoms with Crippen molar-refractivity contribution in [3.8, 4) is 0 Å². The van der Waals surface area contributed by atoms with Crippen LogP contribution >= 0.6 is 11.3 Å². The number of hydrogen-bond donors (Lipinski definition) is 1. The maximum atomic E-state index is 11.9. The lowest BCUT2D eigenvalue weighted by atomic mass is 10.1. The molecule has 0 aliphatic carbocycles. The van der Waals surface area contributed by atoms with Crippen LogP contribution in [0.25, 0.3) is 0 Å². The molecule has 20 heavy (non-hydrogen) atoms. The first-order chi connectivity index (χ1) is 9.44. The standard InChI is InChI=1S/C14H15NO3S2/c1-20(17,18)10-11-4-6-12(7-5-11)14(16)15-9-13-3-2-8-19-13/h2-8H,9-10H2,1H3,(H,15,16). The molecular weight excluding hydrogens is 294 g/mol. The molecule has 106 valence electrons. The van der Waals surface area contributed by atoms with Crippen molar-refractivity contribution in [2.75, 3.05) is 6.26 Å². The van der Waals surface area contributed by atoms with Crippen LogP contribution in [0.15, 0.2) is 41.8 Å². The van der Waals surface area contributed by atoms with Crippen molar-refractivity contribution in [2.45, 2.75) is 12.3 Å². The van der Waals surface area contributed by atoms with Crippen molar-refractivity contribution in [1.29, 1.82) is 0 Å². The molecule has 0 bridgehead atoms.